The molecule has 0 radical (unpaired) electrons. The number of likely N-dealkylation sites (tertiary alicyclic amines) is 1. The molecule has 3 N–H and O–H groups in total. The molecule has 0 bridgehead atoms. The topological polar surface area (TPSA) is 130 Å². The Hall–Kier alpha value is -2.46. The van der Waals surface area contributed by atoms with E-state index in [1.165, 1.54) is 25.9 Å². The first-order valence-corrected chi connectivity index (χ1v) is 10.0. The molecule has 3 saturated heterocycles. The zero-order valence-electron chi connectivity index (χ0n) is 16.6. The van der Waals surface area contributed by atoms with E-state index in [2.05, 4.69) is 15.1 Å². The molecule has 3 rings (SSSR count). The Balaban J connectivity index is 0.000000321. The van der Waals surface area contributed by atoms with E-state index in [1.54, 1.807) is 0 Å². The van der Waals surface area contributed by atoms with Gasteiger partial charge in [-0.05, 0) is 32.4 Å². The number of amides is 2. The standard InChI is InChI=1S/C15H26N4O2.C4H4O4/c20-14-4-3-13(16-14)15(21)19-11-9-18(10-12-19)8-7-17-5-1-2-6-17;5-3(6)1-2-4(7)8/h13H,1-12H2,(H,16,20);1-2H,(H,5,6)(H,7,8). The van der Waals surface area contributed by atoms with Crippen LogP contribution in [0.25, 0.3) is 0 Å². The normalized spacial score (nSPS) is 23.0. The lowest BCUT2D eigenvalue weighted by atomic mass is 10.2. The number of hydrogen-bond donors (Lipinski definition) is 3. The molecule has 0 aromatic heterocycles. The fourth-order valence-electron chi connectivity index (χ4n) is 3.64. The van der Waals surface area contributed by atoms with Gasteiger partial charge in [-0.1, -0.05) is 0 Å². The van der Waals surface area contributed by atoms with E-state index >= 15 is 0 Å². The molecule has 3 fully saturated rings. The Morgan fingerprint density at radius 3 is 1.86 bits per heavy atom. The van der Waals surface area contributed by atoms with Crippen molar-refractivity contribution in [3.05, 3.63) is 12.2 Å². The first-order valence-electron chi connectivity index (χ1n) is 10.0. The van der Waals surface area contributed by atoms with Crippen LogP contribution in [0, 0.1) is 0 Å². The number of nitrogens with zero attached hydrogens (tertiary/aromatic N) is 3. The number of carbonyl (C=O) groups is 4. The second kappa shape index (κ2) is 11.5. The number of piperazine rings is 1. The molecule has 2 amide bonds. The molecular weight excluding hydrogens is 380 g/mol. The number of carboxylic acid groups (broad SMARTS) is 2. The Bertz CT molecular complexity index is 608. The Morgan fingerprint density at radius 2 is 1.41 bits per heavy atom. The molecule has 1 atom stereocenters. The maximum Gasteiger partial charge on any atom is 0.328 e. The van der Waals surface area contributed by atoms with Gasteiger partial charge in [-0.25, -0.2) is 9.59 Å². The first-order chi connectivity index (χ1) is 13.8. The number of hydrogen-bond acceptors (Lipinski definition) is 6. The fourth-order valence-corrected chi connectivity index (χ4v) is 3.64. The molecule has 3 heterocycles. The second-order valence-corrected chi connectivity index (χ2v) is 7.38. The lowest BCUT2D eigenvalue weighted by Gasteiger charge is -2.36. The average Bonchev–Trinajstić information content (AvgIpc) is 3.37. The van der Waals surface area contributed by atoms with E-state index in [4.69, 9.17) is 10.2 Å². The van der Waals surface area contributed by atoms with Crippen LogP contribution >= 0.6 is 0 Å². The summed E-state index contributed by atoms with van der Waals surface area (Å²) in [4.78, 5) is 49.5. The van der Waals surface area contributed by atoms with Crippen LogP contribution in [0.5, 0.6) is 0 Å². The lowest BCUT2D eigenvalue weighted by Crippen LogP contribution is -2.54. The van der Waals surface area contributed by atoms with Crippen LogP contribution in [-0.2, 0) is 19.2 Å². The highest BCUT2D eigenvalue weighted by Gasteiger charge is 2.32. The predicted molar refractivity (Wildman–Crippen MR) is 104 cm³/mol. The molecule has 3 aliphatic rings. The second-order valence-electron chi connectivity index (χ2n) is 7.38. The summed E-state index contributed by atoms with van der Waals surface area (Å²) in [5.74, 6) is -2.39. The number of nitrogens with one attached hydrogen (secondary N) is 1. The lowest BCUT2D eigenvalue weighted by molar-refractivity contribution is -0.136. The number of carboxylic acids is 2. The van der Waals surface area contributed by atoms with E-state index < -0.39 is 11.9 Å². The summed E-state index contributed by atoms with van der Waals surface area (Å²) in [6, 6.07) is -0.270. The third-order valence-electron chi connectivity index (χ3n) is 5.28. The maximum absolute atomic E-state index is 12.3. The summed E-state index contributed by atoms with van der Waals surface area (Å²) in [5, 5.41) is 18.4. The van der Waals surface area contributed by atoms with Crippen molar-refractivity contribution in [2.45, 2.75) is 31.7 Å². The highest BCUT2D eigenvalue weighted by molar-refractivity contribution is 5.91. The summed E-state index contributed by atoms with van der Waals surface area (Å²) < 4.78 is 0. The van der Waals surface area contributed by atoms with E-state index in [0.717, 1.165) is 39.3 Å². The van der Waals surface area contributed by atoms with E-state index in [0.29, 0.717) is 25.0 Å². The minimum Gasteiger partial charge on any atom is -0.478 e. The van der Waals surface area contributed by atoms with Gasteiger partial charge >= 0.3 is 11.9 Å². The van der Waals surface area contributed by atoms with Crippen molar-refractivity contribution in [2.24, 2.45) is 0 Å². The SMILES string of the molecule is O=C(O)C=CC(=O)O.O=C1CCC(C(=O)N2CCN(CCN3CCCC3)CC2)N1. The van der Waals surface area contributed by atoms with Gasteiger partial charge < -0.3 is 25.3 Å². The third-order valence-corrected chi connectivity index (χ3v) is 5.28. The van der Waals surface area contributed by atoms with Gasteiger partial charge in [0.05, 0.1) is 0 Å². The summed E-state index contributed by atoms with van der Waals surface area (Å²) in [7, 11) is 0. The van der Waals surface area contributed by atoms with Crippen LogP contribution in [0.1, 0.15) is 25.7 Å². The largest absolute Gasteiger partial charge is 0.478 e. The molecule has 3 aliphatic heterocycles. The van der Waals surface area contributed by atoms with Gasteiger partial charge in [0.1, 0.15) is 6.04 Å². The highest BCUT2D eigenvalue weighted by atomic mass is 16.4. The van der Waals surface area contributed by atoms with Crippen LogP contribution in [0.15, 0.2) is 12.2 Å². The number of carbonyl (C=O) groups excluding carboxylic acids is 2. The Labute approximate surface area is 170 Å². The van der Waals surface area contributed by atoms with E-state index in [9.17, 15) is 19.2 Å². The first kappa shape index (κ1) is 22.8. The quantitative estimate of drug-likeness (QED) is 0.486. The van der Waals surface area contributed by atoms with Crippen LogP contribution in [-0.4, -0.2) is 107 Å². The molecule has 0 aromatic carbocycles. The minimum atomic E-state index is -1.26. The highest BCUT2D eigenvalue weighted by Crippen LogP contribution is 2.12. The van der Waals surface area contributed by atoms with Crippen LogP contribution in [0.3, 0.4) is 0 Å². The molecular formula is C19H30N4O6. The van der Waals surface area contributed by atoms with Gasteiger partial charge in [0.15, 0.2) is 0 Å². The van der Waals surface area contributed by atoms with Gasteiger partial charge in [-0.2, -0.15) is 0 Å². The van der Waals surface area contributed by atoms with Crippen LogP contribution < -0.4 is 5.32 Å². The van der Waals surface area contributed by atoms with Crippen LogP contribution in [0.4, 0.5) is 0 Å². The molecule has 10 nitrogen and oxygen atoms in total. The molecule has 29 heavy (non-hydrogen) atoms. The Kier molecular flexibility index (Phi) is 9.07. The fraction of sp³-hybridized carbons (Fsp3) is 0.684. The van der Waals surface area contributed by atoms with Crippen molar-refractivity contribution < 1.29 is 29.4 Å². The van der Waals surface area contributed by atoms with E-state index in [-0.39, 0.29) is 17.9 Å². The van der Waals surface area contributed by atoms with E-state index in [1.807, 2.05) is 4.90 Å². The van der Waals surface area contributed by atoms with Crippen molar-refractivity contribution in [1.29, 1.82) is 0 Å². The van der Waals surface area contributed by atoms with Gasteiger partial charge in [0.2, 0.25) is 11.8 Å². The number of aliphatic carboxylic acids is 2. The van der Waals surface area contributed by atoms with Crippen molar-refractivity contribution in [2.75, 3.05) is 52.4 Å². The van der Waals surface area contributed by atoms with Gasteiger partial charge in [0.25, 0.3) is 0 Å². The van der Waals surface area contributed by atoms with Crippen molar-refractivity contribution in [3.8, 4) is 0 Å². The molecule has 0 spiro atoms. The molecule has 0 aromatic rings. The van der Waals surface area contributed by atoms with Crippen molar-refractivity contribution in [1.82, 2.24) is 20.0 Å². The van der Waals surface area contributed by atoms with Gasteiger partial charge in [-0.15, -0.1) is 0 Å². The minimum absolute atomic E-state index is 0.0117. The molecule has 162 valence electrons. The summed E-state index contributed by atoms with van der Waals surface area (Å²) >= 11 is 0. The van der Waals surface area contributed by atoms with Crippen LogP contribution in [0.2, 0.25) is 0 Å². The van der Waals surface area contributed by atoms with Gasteiger partial charge in [-0.3, -0.25) is 14.5 Å². The summed E-state index contributed by atoms with van der Waals surface area (Å²) in [6.07, 6.45) is 4.95. The molecule has 1 unspecified atom stereocenters. The summed E-state index contributed by atoms with van der Waals surface area (Å²) in [6.45, 7) is 8.28. The summed E-state index contributed by atoms with van der Waals surface area (Å²) in [5.41, 5.74) is 0. The number of rotatable bonds is 6. The molecule has 0 aliphatic carbocycles. The Morgan fingerprint density at radius 1 is 0.897 bits per heavy atom. The van der Waals surface area contributed by atoms with Crippen molar-refractivity contribution >= 4 is 23.8 Å². The smallest absolute Gasteiger partial charge is 0.328 e. The monoisotopic (exact) mass is 410 g/mol. The average molecular weight is 410 g/mol. The molecule has 10 heteroatoms. The molecule has 0 saturated carbocycles. The third kappa shape index (κ3) is 8.20. The zero-order chi connectivity index (χ0) is 21.2. The van der Waals surface area contributed by atoms with Gasteiger partial charge in [0, 0.05) is 57.8 Å². The maximum atomic E-state index is 12.3. The predicted octanol–water partition coefficient (Wildman–Crippen LogP) is -0.783. The van der Waals surface area contributed by atoms with Crippen molar-refractivity contribution in [3.63, 3.8) is 0 Å². The zero-order valence-corrected chi connectivity index (χ0v) is 16.6.